The number of aliphatic hydroxyl groups excluding tert-OH is 1. The third kappa shape index (κ3) is 4.74. The van der Waals surface area contributed by atoms with Gasteiger partial charge in [0.15, 0.2) is 0 Å². The summed E-state index contributed by atoms with van der Waals surface area (Å²) in [5, 5.41) is 13.0. The molecule has 2 N–H and O–H groups in total. The van der Waals surface area contributed by atoms with Gasteiger partial charge in [0.2, 0.25) is 5.95 Å². The van der Waals surface area contributed by atoms with E-state index in [-0.39, 0.29) is 6.03 Å². The summed E-state index contributed by atoms with van der Waals surface area (Å²) < 4.78 is 0. The fourth-order valence-electron chi connectivity index (χ4n) is 2.84. The SMILES string of the molecule is Cc1ccnc(NC(=O)N2CCN(CC(O)c3ccccc3)CC2)n1. The zero-order valence-corrected chi connectivity index (χ0v) is 14.3. The second-order valence-corrected chi connectivity index (χ2v) is 6.17. The number of aliphatic hydroxyl groups is 1. The molecular weight excluding hydrogens is 318 g/mol. The standard InChI is InChI=1S/C18H23N5O2/c1-14-7-8-19-17(20-14)21-18(25)23-11-9-22(10-12-23)13-16(24)15-5-3-2-4-6-15/h2-8,16,24H,9-13H2,1H3,(H,19,20,21,25). The molecule has 1 saturated heterocycles. The number of piperazine rings is 1. The molecule has 2 heterocycles. The smallest absolute Gasteiger partial charge is 0.324 e. The molecule has 0 spiro atoms. The van der Waals surface area contributed by atoms with Crippen molar-refractivity contribution < 1.29 is 9.90 Å². The van der Waals surface area contributed by atoms with Crippen LogP contribution in [0.3, 0.4) is 0 Å². The molecule has 0 saturated carbocycles. The fourth-order valence-corrected chi connectivity index (χ4v) is 2.84. The zero-order valence-electron chi connectivity index (χ0n) is 14.3. The van der Waals surface area contributed by atoms with Crippen molar-refractivity contribution in [2.45, 2.75) is 13.0 Å². The largest absolute Gasteiger partial charge is 0.387 e. The highest BCUT2D eigenvalue weighted by atomic mass is 16.3. The quantitative estimate of drug-likeness (QED) is 0.884. The molecule has 7 heteroatoms. The normalized spacial score (nSPS) is 16.5. The van der Waals surface area contributed by atoms with Crippen molar-refractivity contribution in [2.75, 3.05) is 38.0 Å². The van der Waals surface area contributed by atoms with Crippen LogP contribution < -0.4 is 5.32 Å². The molecular formula is C18H23N5O2. The lowest BCUT2D eigenvalue weighted by Crippen LogP contribution is -2.50. The highest BCUT2D eigenvalue weighted by molar-refractivity contribution is 5.87. The van der Waals surface area contributed by atoms with E-state index in [9.17, 15) is 9.90 Å². The first kappa shape index (κ1) is 17.3. The van der Waals surface area contributed by atoms with Crippen LogP contribution in [0, 0.1) is 6.92 Å². The Labute approximate surface area is 147 Å². The lowest BCUT2D eigenvalue weighted by Gasteiger charge is -2.35. The first-order valence-electron chi connectivity index (χ1n) is 8.43. The van der Waals surface area contributed by atoms with Crippen molar-refractivity contribution in [1.82, 2.24) is 19.8 Å². The number of aromatic nitrogens is 2. The number of hydrogen-bond donors (Lipinski definition) is 2. The number of anilines is 1. The van der Waals surface area contributed by atoms with E-state index < -0.39 is 6.10 Å². The molecule has 0 bridgehead atoms. The number of β-amino-alcohol motifs (C(OH)–C–C–N with tert-alkyl or cyclic N) is 1. The second kappa shape index (κ2) is 8.04. The van der Waals surface area contributed by atoms with Crippen LogP contribution in [0.5, 0.6) is 0 Å². The Kier molecular flexibility index (Phi) is 5.57. The maximum Gasteiger partial charge on any atom is 0.324 e. The Balaban J connectivity index is 1.47. The number of rotatable bonds is 4. The predicted octanol–water partition coefficient (Wildman–Crippen LogP) is 1.67. The summed E-state index contributed by atoms with van der Waals surface area (Å²) in [5.41, 5.74) is 1.73. The van der Waals surface area contributed by atoms with Crippen LogP contribution >= 0.6 is 0 Å². The van der Waals surface area contributed by atoms with Crippen LogP contribution in [0.15, 0.2) is 42.6 Å². The van der Waals surface area contributed by atoms with Gasteiger partial charge >= 0.3 is 6.03 Å². The van der Waals surface area contributed by atoms with Crippen LogP contribution in [0.2, 0.25) is 0 Å². The van der Waals surface area contributed by atoms with Gasteiger partial charge < -0.3 is 10.0 Å². The summed E-state index contributed by atoms with van der Waals surface area (Å²) in [6.07, 6.45) is 1.11. The van der Waals surface area contributed by atoms with E-state index in [2.05, 4.69) is 20.2 Å². The number of urea groups is 1. The average Bonchev–Trinajstić information content (AvgIpc) is 2.63. The number of amides is 2. The van der Waals surface area contributed by atoms with Crippen LogP contribution in [-0.2, 0) is 0 Å². The van der Waals surface area contributed by atoms with Gasteiger partial charge in [-0.1, -0.05) is 30.3 Å². The predicted molar refractivity (Wildman–Crippen MR) is 95.2 cm³/mol. The van der Waals surface area contributed by atoms with Crippen molar-refractivity contribution in [3.63, 3.8) is 0 Å². The van der Waals surface area contributed by atoms with Gasteiger partial charge in [0.25, 0.3) is 0 Å². The second-order valence-electron chi connectivity index (χ2n) is 6.17. The summed E-state index contributed by atoms with van der Waals surface area (Å²) in [4.78, 5) is 24.4. The first-order valence-corrected chi connectivity index (χ1v) is 8.43. The molecule has 1 fully saturated rings. The Bertz CT molecular complexity index is 702. The third-order valence-corrected chi connectivity index (χ3v) is 4.29. The van der Waals surface area contributed by atoms with Gasteiger partial charge in [-0.3, -0.25) is 10.2 Å². The van der Waals surface area contributed by atoms with E-state index in [4.69, 9.17) is 0 Å². The van der Waals surface area contributed by atoms with Crippen LogP contribution in [0.4, 0.5) is 10.7 Å². The molecule has 132 valence electrons. The summed E-state index contributed by atoms with van der Waals surface area (Å²) >= 11 is 0. The summed E-state index contributed by atoms with van der Waals surface area (Å²) in [7, 11) is 0. The van der Waals surface area contributed by atoms with Crippen molar-refractivity contribution in [3.05, 3.63) is 53.9 Å². The number of hydrogen-bond acceptors (Lipinski definition) is 5. The third-order valence-electron chi connectivity index (χ3n) is 4.29. The minimum atomic E-state index is -0.512. The van der Waals surface area contributed by atoms with Gasteiger partial charge in [0.1, 0.15) is 0 Å². The highest BCUT2D eigenvalue weighted by Crippen LogP contribution is 2.15. The first-order chi connectivity index (χ1) is 12.1. The van der Waals surface area contributed by atoms with Crippen molar-refractivity contribution in [1.29, 1.82) is 0 Å². The van der Waals surface area contributed by atoms with Crippen molar-refractivity contribution in [2.24, 2.45) is 0 Å². The minimum absolute atomic E-state index is 0.186. The van der Waals surface area contributed by atoms with E-state index >= 15 is 0 Å². The summed E-state index contributed by atoms with van der Waals surface area (Å²) in [6, 6.07) is 11.2. The average molecular weight is 341 g/mol. The van der Waals surface area contributed by atoms with Gasteiger partial charge in [0.05, 0.1) is 6.10 Å². The Morgan fingerprint density at radius 2 is 1.92 bits per heavy atom. The van der Waals surface area contributed by atoms with E-state index in [1.165, 1.54) is 0 Å². The number of aryl methyl sites for hydroxylation is 1. The summed E-state index contributed by atoms with van der Waals surface area (Å²) in [5.74, 6) is 0.326. The van der Waals surface area contributed by atoms with E-state index in [0.717, 1.165) is 24.3 Å². The number of nitrogens with zero attached hydrogens (tertiary/aromatic N) is 4. The summed E-state index contributed by atoms with van der Waals surface area (Å²) in [6.45, 7) is 5.10. The molecule has 1 aliphatic heterocycles. The van der Waals surface area contributed by atoms with E-state index in [1.807, 2.05) is 37.3 Å². The Morgan fingerprint density at radius 1 is 1.20 bits per heavy atom. The molecule has 1 aromatic carbocycles. The lowest BCUT2D eigenvalue weighted by atomic mass is 10.1. The molecule has 7 nitrogen and oxygen atoms in total. The van der Waals surface area contributed by atoms with Gasteiger partial charge in [-0.2, -0.15) is 0 Å². The Hall–Kier alpha value is -2.51. The maximum absolute atomic E-state index is 12.3. The number of carbonyl (C=O) groups is 1. The van der Waals surface area contributed by atoms with Crippen molar-refractivity contribution >= 4 is 12.0 Å². The van der Waals surface area contributed by atoms with Gasteiger partial charge in [-0.15, -0.1) is 0 Å². The molecule has 2 aromatic rings. The topological polar surface area (TPSA) is 81.6 Å². The van der Waals surface area contributed by atoms with E-state index in [1.54, 1.807) is 17.2 Å². The van der Waals surface area contributed by atoms with Gasteiger partial charge in [0, 0.05) is 44.6 Å². The molecule has 0 radical (unpaired) electrons. The number of nitrogens with one attached hydrogen (secondary N) is 1. The fraction of sp³-hybridized carbons (Fsp3) is 0.389. The minimum Gasteiger partial charge on any atom is -0.387 e. The Morgan fingerprint density at radius 3 is 2.60 bits per heavy atom. The number of benzene rings is 1. The van der Waals surface area contributed by atoms with E-state index in [0.29, 0.717) is 25.6 Å². The lowest BCUT2D eigenvalue weighted by molar-refractivity contribution is 0.0831. The monoisotopic (exact) mass is 341 g/mol. The molecule has 0 aliphatic carbocycles. The van der Waals surface area contributed by atoms with Gasteiger partial charge in [-0.25, -0.2) is 14.8 Å². The molecule has 1 aliphatic rings. The van der Waals surface area contributed by atoms with Gasteiger partial charge in [-0.05, 0) is 18.6 Å². The molecule has 3 rings (SSSR count). The molecule has 1 atom stereocenters. The van der Waals surface area contributed by atoms with Crippen LogP contribution in [0.1, 0.15) is 17.4 Å². The molecule has 1 unspecified atom stereocenters. The molecule has 1 aromatic heterocycles. The molecule has 2 amide bonds. The van der Waals surface area contributed by atoms with Crippen molar-refractivity contribution in [3.8, 4) is 0 Å². The molecule has 25 heavy (non-hydrogen) atoms. The highest BCUT2D eigenvalue weighted by Gasteiger charge is 2.23. The maximum atomic E-state index is 12.3. The number of carbonyl (C=O) groups excluding carboxylic acids is 1. The van der Waals surface area contributed by atoms with Crippen LogP contribution in [-0.4, -0.2) is 63.6 Å². The van der Waals surface area contributed by atoms with Crippen LogP contribution in [0.25, 0.3) is 0 Å². The zero-order chi connectivity index (χ0) is 17.6.